The molecule has 0 fully saturated rings. The lowest BCUT2D eigenvalue weighted by atomic mass is 10.0. The molecule has 0 bridgehead atoms. The van der Waals surface area contributed by atoms with Crippen molar-refractivity contribution in [3.8, 4) is 0 Å². The molecule has 0 aliphatic carbocycles. The Labute approximate surface area is 146 Å². The molecule has 0 N–H and O–H groups in total. The van der Waals surface area contributed by atoms with E-state index in [-0.39, 0.29) is 23.9 Å². The molecule has 1 aromatic heterocycles. The van der Waals surface area contributed by atoms with Crippen LogP contribution in [0.3, 0.4) is 0 Å². The number of unbranched alkanes of at least 4 members (excludes halogenated alkanes) is 1. The van der Waals surface area contributed by atoms with Crippen LogP contribution in [0.2, 0.25) is 0 Å². The maximum absolute atomic E-state index is 12.6. The van der Waals surface area contributed by atoms with Gasteiger partial charge in [0.2, 0.25) is 0 Å². The zero-order valence-electron chi connectivity index (χ0n) is 14.3. The summed E-state index contributed by atoms with van der Waals surface area (Å²) in [6.07, 6.45) is 3.41. The summed E-state index contributed by atoms with van der Waals surface area (Å²) in [4.78, 5) is 40.3. The monoisotopic (exact) mass is 340 g/mol. The van der Waals surface area contributed by atoms with E-state index in [2.05, 4.69) is 6.92 Å². The molecule has 1 aliphatic rings. The van der Waals surface area contributed by atoms with Gasteiger partial charge in [-0.05, 0) is 36.8 Å². The second kappa shape index (κ2) is 6.93. The predicted molar refractivity (Wildman–Crippen MR) is 91.2 cm³/mol. The number of carbonyl (C=O) groups is 3. The molecule has 3 amide bonds. The van der Waals surface area contributed by atoms with Crippen LogP contribution >= 0.6 is 0 Å². The van der Waals surface area contributed by atoms with E-state index in [1.54, 1.807) is 36.2 Å². The van der Waals surface area contributed by atoms with Gasteiger partial charge < -0.3 is 9.32 Å². The Kier molecular flexibility index (Phi) is 4.70. The van der Waals surface area contributed by atoms with Crippen LogP contribution in [0.4, 0.5) is 0 Å². The van der Waals surface area contributed by atoms with Crippen molar-refractivity contribution < 1.29 is 18.8 Å². The van der Waals surface area contributed by atoms with Crippen molar-refractivity contribution in [3.63, 3.8) is 0 Å². The van der Waals surface area contributed by atoms with Gasteiger partial charge in [0.25, 0.3) is 17.7 Å². The van der Waals surface area contributed by atoms with Crippen LogP contribution in [0, 0.1) is 0 Å². The first kappa shape index (κ1) is 17.0. The van der Waals surface area contributed by atoms with Gasteiger partial charge >= 0.3 is 0 Å². The maximum Gasteiger partial charge on any atom is 0.261 e. The van der Waals surface area contributed by atoms with Gasteiger partial charge in [0, 0.05) is 19.2 Å². The minimum atomic E-state index is -0.401. The van der Waals surface area contributed by atoms with Crippen LogP contribution in [-0.4, -0.2) is 41.1 Å². The van der Waals surface area contributed by atoms with Gasteiger partial charge in [0.15, 0.2) is 0 Å². The Hall–Kier alpha value is -2.89. The van der Waals surface area contributed by atoms with Crippen molar-refractivity contribution in [2.75, 3.05) is 13.6 Å². The summed E-state index contributed by atoms with van der Waals surface area (Å²) in [6, 6.07) is 8.09. The number of nitrogens with zero attached hydrogens (tertiary/aromatic N) is 2. The van der Waals surface area contributed by atoms with E-state index in [4.69, 9.17) is 4.42 Å². The Balaban J connectivity index is 1.82. The van der Waals surface area contributed by atoms with Gasteiger partial charge in [-0.15, -0.1) is 0 Å². The van der Waals surface area contributed by atoms with Crippen LogP contribution in [0.15, 0.2) is 41.0 Å². The molecule has 0 radical (unpaired) electrons. The summed E-state index contributed by atoms with van der Waals surface area (Å²) in [6.45, 7) is 2.80. The van der Waals surface area contributed by atoms with E-state index in [0.717, 1.165) is 17.7 Å². The number of fused-ring (bicyclic) bond motifs is 1. The van der Waals surface area contributed by atoms with E-state index < -0.39 is 5.91 Å². The molecule has 6 heteroatoms. The van der Waals surface area contributed by atoms with E-state index in [9.17, 15) is 14.4 Å². The second-order valence-electron chi connectivity index (χ2n) is 6.12. The zero-order valence-corrected chi connectivity index (χ0v) is 14.3. The van der Waals surface area contributed by atoms with Gasteiger partial charge in [-0.3, -0.25) is 19.3 Å². The summed E-state index contributed by atoms with van der Waals surface area (Å²) in [5.74, 6) is -0.386. The number of carbonyl (C=O) groups excluding carboxylic acids is 3. The highest BCUT2D eigenvalue weighted by atomic mass is 16.3. The summed E-state index contributed by atoms with van der Waals surface area (Å²) in [5, 5.41) is 0. The van der Waals surface area contributed by atoms with Crippen molar-refractivity contribution in [2.45, 2.75) is 26.3 Å². The quantitative estimate of drug-likeness (QED) is 0.758. The minimum Gasteiger partial charge on any atom is -0.467 e. The third kappa shape index (κ3) is 3.20. The molecule has 0 unspecified atom stereocenters. The highest BCUT2D eigenvalue weighted by molar-refractivity contribution is 6.21. The van der Waals surface area contributed by atoms with E-state index in [0.29, 0.717) is 23.4 Å². The van der Waals surface area contributed by atoms with Crippen molar-refractivity contribution >= 4 is 17.7 Å². The van der Waals surface area contributed by atoms with Crippen LogP contribution in [0.1, 0.15) is 56.6 Å². The number of benzene rings is 1. The molecular weight excluding hydrogens is 320 g/mol. The standard InChI is InChI=1S/C19H20N2O4/c1-3-4-9-20(2)17(22)13-7-8-15-16(11-13)19(24)21(18(15)23)12-14-6-5-10-25-14/h5-8,10-11H,3-4,9,12H2,1-2H3. The minimum absolute atomic E-state index is 0.0824. The molecule has 6 nitrogen and oxygen atoms in total. The SMILES string of the molecule is CCCCN(C)C(=O)c1ccc2c(c1)C(=O)N(Cc1ccco1)C2=O. The van der Waals surface area contributed by atoms with Crippen molar-refractivity contribution in [1.29, 1.82) is 0 Å². The fraction of sp³-hybridized carbons (Fsp3) is 0.316. The maximum atomic E-state index is 12.6. The largest absolute Gasteiger partial charge is 0.467 e. The average Bonchev–Trinajstić information content (AvgIpc) is 3.22. The molecule has 0 atom stereocenters. The van der Waals surface area contributed by atoms with Gasteiger partial charge in [-0.25, -0.2) is 0 Å². The smallest absolute Gasteiger partial charge is 0.261 e. The van der Waals surface area contributed by atoms with Crippen LogP contribution in [0.5, 0.6) is 0 Å². The van der Waals surface area contributed by atoms with Crippen molar-refractivity contribution in [1.82, 2.24) is 9.80 Å². The molecule has 0 saturated carbocycles. The number of hydrogen-bond acceptors (Lipinski definition) is 4. The number of hydrogen-bond donors (Lipinski definition) is 0. The van der Waals surface area contributed by atoms with Gasteiger partial charge in [-0.1, -0.05) is 13.3 Å². The van der Waals surface area contributed by atoms with Gasteiger partial charge in [0.1, 0.15) is 5.76 Å². The summed E-state index contributed by atoms with van der Waals surface area (Å²) in [7, 11) is 1.74. The molecule has 3 rings (SSSR count). The predicted octanol–water partition coefficient (Wildman–Crippen LogP) is 2.95. The molecule has 25 heavy (non-hydrogen) atoms. The molecule has 1 aromatic carbocycles. The summed E-state index contributed by atoms with van der Waals surface area (Å²) in [5.41, 5.74) is 1.01. The molecule has 0 saturated heterocycles. The third-order valence-electron chi connectivity index (χ3n) is 4.31. The van der Waals surface area contributed by atoms with Crippen LogP contribution in [0.25, 0.3) is 0 Å². The number of imide groups is 1. The topological polar surface area (TPSA) is 70.8 Å². The lowest BCUT2D eigenvalue weighted by Gasteiger charge is -2.16. The molecule has 2 aromatic rings. The number of rotatable bonds is 6. The highest BCUT2D eigenvalue weighted by Crippen LogP contribution is 2.26. The van der Waals surface area contributed by atoms with Crippen LogP contribution < -0.4 is 0 Å². The number of furan rings is 1. The molecule has 2 heterocycles. The first-order chi connectivity index (χ1) is 12.0. The van der Waals surface area contributed by atoms with Crippen molar-refractivity contribution in [2.24, 2.45) is 0 Å². The molecule has 130 valence electrons. The van der Waals surface area contributed by atoms with E-state index in [1.807, 2.05) is 0 Å². The fourth-order valence-electron chi connectivity index (χ4n) is 2.84. The third-order valence-corrected chi connectivity index (χ3v) is 4.31. The summed E-state index contributed by atoms with van der Waals surface area (Å²) < 4.78 is 5.21. The Bertz CT molecular complexity index is 811. The van der Waals surface area contributed by atoms with Gasteiger partial charge in [-0.2, -0.15) is 0 Å². The lowest BCUT2D eigenvalue weighted by Crippen LogP contribution is -2.29. The van der Waals surface area contributed by atoms with E-state index >= 15 is 0 Å². The van der Waals surface area contributed by atoms with Crippen molar-refractivity contribution in [3.05, 3.63) is 59.0 Å². The molecule has 0 spiro atoms. The average molecular weight is 340 g/mol. The first-order valence-corrected chi connectivity index (χ1v) is 8.31. The zero-order chi connectivity index (χ0) is 18.0. The number of amides is 3. The summed E-state index contributed by atoms with van der Waals surface area (Å²) >= 11 is 0. The first-order valence-electron chi connectivity index (χ1n) is 8.31. The Morgan fingerprint density at radius 2 is 1.92 bits per heavy atom. The Morgan fingerprint density at radius 3 is 2.60 bits per heavy atom. The normalized spacial score (nSPS) is 13.3. The molecular formula is C19H20N2O4. The molecule has 1 aliphatic heterocycles. The van der Waals surface area contributed by atoms with Gasteiger partial charge in [0.05, 0.1) is 23.9 Å². The lowest BCUT2D eigenvalue weighted by molar-refractivity contribution is 0.0631. The second-order valence-corrected chi connectivity index (χ2v) is 6.12. The van der Waals surface area contributed by atoms with E-state index in [1.165, 1.54) is 12.3 Å². The Morgan fingerprint density at radius 1 is 1.16 bits per heavy atom. The highest BCUT2D eigenvalue weighted by Gasteiger charge is 2.36. The fourth-order valence-corrected chi connectivity index (χ4v) is 2.84. The van der Waals surface area contributed by atoms with Crippen LogP contribution in [-0.2, 0) is 6.54 Å².